The zero-order valence-electron chi connectivity index (χ0n) is 41.7. The van der Waals surface area contributed by atoms with Gasteiger partial charge in [-0.3, -0.25) is 9.69 Å². The maximum absolute atomic E-state index is 14.9. The second kappa shape index (κ2) is 19.8. The summed E-state index contributed by atoms with van der Waals surface area (Å²) in [5.41, 5.74) is 5.66. The summed E-state index contributed by atoms with van der Waals surface area (Å²) in [6.45, 7) is 19.2. The molecule has 11 rings (SSSR count). The molecule has 0 aliphatic rings. The van der Waals surface area contributed by atoms with Crippen LogP contribution in [-0.4, -0.2) is 19.5 Å². The van der Waals surface area contributed by atoms with Crippen LogP contribution in [0.5, 0.6) is 0 Å². The van der Waals surface area contributed by atoms with E-state index in [0.29, 0.717) is 100 Å². The average Bonchev–Trinajstić information content (AvgIpc) is 4.00. The molecule has 0 atom stereocenters. The van der Waals surface area contributed by atoms with Crippen molar-refractivity contribution in [3.05, 3.63) is 238 Å². The lowest BCUT2D eigenvalue weighted by Gasteiger charge is -2.22. The van der Waals surface area contributed by atoms with Crippen LogP contribution < -0.4 is 0 Å². The van der Waals surface area contributed by atoms with Crippen LogP contribution in [0.25, 0.3) is 116 Å². The van der Waals surface area contributed by atoms with Crippen LogP contribution >= 0.6 is 0 Å². The van der Waals surface area contributed by atoms with Crippen molar-refractivity contribution in [1.82, 2.24) is 19.5 Å². The number of aryl methyl sites for hydroxylation is 2. The minimum Gasteiger partial charge on any atom is -0.308 e. The summed E-state index contributed by atoms with van der Waals surface area (Å²) in [5.74, 6) is 0.932. The van der Waals surface area contributed by atoms with Gasteiger partial charge in [-0.2, -0.15) is 36.9 Å². The number of benzene rings is 9. The Morgan fingerprint density at radius 2 is 0.949 bits per heavy atom. The monoisotopic (exact) mass is 1040 g/mol. The molecule has 2 aromatic heterocycles. The first kappa shape index (κ1) is 50.5. The van der Waals surface area contributed by atoms with Crippen molar-refractivity contribution in [1.29, 1.82) is 10.5 Å². The first-order valence-corrected chi connectivity index (χ1v) is 24.4. The van der Waals surface area contributed by atoms with Crippen LogP contribution in [0.15, 0.2) is 182 Å². The Labute approximate surface area is 448 Å². The molecule has 0 spiro atoms. The van der Waals surface area contributed by atoms with E-state index in [4.69, 9.17) is 28.1 Å². The summed E-state index contributed by atoms with van der Waals surface area (Å²) in [6.07, 6.45) is -9.32. The van der Waals surface area contributed by atoms with Crippen LogP contribution in [0.3, 0.4) is 0 Å². The Morgan fingerprint density at radius 3 is 1.47 bits per heavy atom. The molecule has 0 saturated heterocycles. The lowest BCUT2D eigenvalue weighted by molar-refractivity contribution is -0.138. The van der Waals surface area contributed by atoms with Gasteiger partial charge in [0.25, 0.3) is 0 Å². The molecular weight excluding hydrogens is 1010 g/mol. The number of nitrogens with zero attached hydrogens (tertiary/aromatic N) is 8. The largest absolute Gasteiger partial charge is 0.417 e. The molecule has 8 nitrogen and oxygen atoms in total. The number of aromatic nitrogens is 4. The van der Waals surface area contributed by atoms with Crippen molar-refractivity contribution in [2.45, 2.75) is 26.2 Å². The van der Waals surface area contributed by atoms with Gasteiger partial charge in [-0.15, -0.1) is 0 Å². The van der Waals surface area contributed by atoms with Gasteiger partial charge in [0, 0.05) is 38.6 Å². The molecule has 0 fully saturated rings. The summed E-state index contributed by atoms with van der Waals surface area (Å²) >= 11 is 0. The Kier molecular flexibility index (Phi) is 12.7. The molecule has 0 unspecified atom stereocenters. The van der Waals surface area contributed by atoms with Crippen LogP contribution in [-0.2, 0) is 12.4 Å². The SMILES string of the molecule is [C-]#[N+]c1ccc(-c2cc(-c3nc(-c4ccccc4)nc(-c4ccccc4)n3)cc(-c3cc(C#N)cc(C#N)c3)c2-n2c3ccc(-c4ccc(C(F)(F)F)cc4C)cc3c3cc(-c4ccc(C)cc4C(F)(F)F)ccc32)cc1[N+]#[C-]. The van der Waals surface area contributed by atoms with E-state index in [1.54, 1.807) is 80.6 Å². The summed E-state index contributed by atoms with van der Waals surface area (Å²) < 4.78 is 88.6. The van der Waals surface area contributed by atoms with Gasteiger partial charge < -0.3 is 4.57 Å². The van der Waals surface area contributed by atoms with Crippen LogP contribution in [0.4, 0.5) is 37.7 Å². The highest BCUT2D eigenvalue weighted by Gasteiger charge is 2.35. The van der Waals surface area contributed by atoms with Crippen LogP contribution in [0, 0.1) is 49.7 Å². The molecule has 0 radical (unpaired) electrons. The van der Waals surface area contributed by atoms with E-state index in [1.807, 2.05) is 77.4 Å². The summed E-state index contributed by atoms with van der Waals surface area (Å²) in [4.78, 5) is 22.4. The quantitative estimate of drug-likeness (QED) is 0.111. The summed E-state index contributed by atoms with van der Waals surface area (Å²) in [6, 6.07) is 54.1. The number of rotatable bonds is 8. The van der Waals surface area contributed by atoms with E-state index in [1.165, 1.54) is 24.3 Å². The van der Waals surface area contributed by atoms with Gasteiger partial charge in [0.2, 0.25) is 0 Å². The maximum atomic E-state index is 14.9. The predicted octanol–water partition coefficient (Wildman–Crippen LogP) is 18.1. The van der Waals surface area contributed by atoms with Gasteiger partial charge in [0.1, 0.15) is 0 Å². The van der Waals surface area contributed by atoms with Crippen molar-refractivity contribution < 1.29 is 26.3 Å². The number of fused-ring (bicyclic) bond motifs is 3. The van der Waals surface area contributed by atoms with Crippen molar-refractivity contribution in [2.24, 2.45) is 0 Å². The van der Waals surface area contributed by atoms with Crippen molar-refractivity contribution in [3.63, 3.8) is 0 Å². The third-order valence-electron chi connectivity index (χ3n) is 13.7. The number of alkyl halides is 6. The summed E-state index contributed by atoms with van der Waals surface area (Å²) in [7, 11) is 0. The van der Waals surface area contributed by atoms with Gasteiger partial charge in [-0.05, 0) is 126 Å². The van der Waals surface area contributed by atoms with Gasteiger partial charge in [-0.1, -0.05) is 115 Å². The fourth-order valence-electron chi connectivity index (χ4n) is 10.1. The van der Waals surface area contributed by atoms with Crippen molar-refractivity contribution >= 4 is 33.2 Å². The highest BCUT2D eigenvalue weighted by atomic mass is 19.4. The summed E-state index contributed by atoms with van der Waals surface area (Å²) in [5, 5.41) is 21.9. The third-order valence-corrected chi connectivity index (χ3v) is 13.7. The normalized spacial score (nSPS) is 11.5. The molecule has 14 heteroatoms. The first-order chi connectivity index (χ1) is 38.0. The lowest BCUT2D eigenvalue weighted by atomic mass is 9.90. The smallest absolute Gasteiger partial charge is 0.308 e. The van der Waals surface area contributed by atoms with Crippen LogP contribution in [0.1, 0.15) is 33.4 Å². The molecule has 11 aromatic rings. The Bertz CT molecular complexity index is 4390. The van der Waals surface area contributed by atoms with E-state index < -0.39 is 23.5 Å². The molecule has 0 amide bonds. The van der Waals surface area contributed by atoms with E-state index in [-0.39, 0.29) is 39.5 Å². The lowest BCUT2D eigenvalue weighted by Crippen LogP contribution is -2.07. The molecule has 0 bridgehead atoms. The number of halogens is 6. The van der Waals surface area contributed by atoms with E-state index >= 15 is 0 Å². The fourth-order valence-corrected chi connectivity index (χ4v) is 10.1. The van der Waals surface area contributed by atoms with Gasteiger partial charge in [-0.25, -0.2) is 15.0 Å². The maximum Gasteiger partial charge on any atom is 0.417 e. The highest BCUT2D eigenvalue weighted by molar-refractivity contribution is 6.13. The first-order valence-electron chi connectivity index (χ1n) is 24.4. The highest BCUT2D eigenvalue weighted by Crippen LogP contribution is 2.48. The number of nitriles is 2. The van der Waals surface area contributed by atoms with Gasteiger partial charge in [0.15, 0.2) is 28.8 Å². The topological polar surface area (TPSA) is 99.9 Å². The Hall–Kier alpha value is -10.7. The van der Waals surface area contributed by atoms with Crippen molar-refractivity contribution in [2.75, 3.05) is 0 Å². The van der Waals surface area contributed by atoms with Crippen molar-refractivity contribution in [3.8, 4) is 96.5 Å². The molecular formula is C65H36F6N8. The molecule has 0 saturated carbocycles. The molecule has 9 aromatic carbocycles. The van der Waals surface area contributed by atoms with Crippen LogP contribution in [0.2, 0.25) is 0 Å². The van der Waals surface area contributed by atoms with E-state index in [2.05, 4.69) is 21.8 Å². The van der Waals surface area contributed by atoms with Gasteiger partial charge >= 0.3 is 12.4 Å². The fraction of sp³-hybridized carbons (Fsp3) is 0.0615. The number of hydrogen-bond acceptors (Lipinski definition) is 5. The molecule has 0 aliphatic carbocycles. The predicted molar refractivity (Wildman–Crippen MR) is 294 cm³/mol. The molecule has 79 heavy (non-hydrogen) atoms. The zero-order chi connectivity index (χ0) is 55.3. The molecule has 378 valence electrons. The van der Waals surface area contributed by atoms with E-state index in [0.717, 1.165) is 18.2 Å². The zero-order valence-corrected chi connectivity index (χ0v) is 41.7. The molecule has 2 heterocycles. The molecule has 0 N–H and O–H groups in total. The number of hydrogen-bond donors (Lipinski definition) is 0. The second-order valence-electron chi connectivity index (χ2n) is 18.8. The standard InChI is InChI=1S/C65H36F6N8/c1-37-15-20-50(55(25-37)65(69,70)71)44-18-24-59-54(31-44)53-30-43(49-21-19-48(26-38(49)2)64(66,67)68)17-23-58(53)79(59)60-51(45-16-22-56(74-3)57(34-45)75-4)32-47(33-52(60)46-28-39(35-72)27-40(29-46)36-73)63-77-61(41-11-7-5-8-12-41)76-62(78-63)42-13-9-6-10-14-42/h5-34H,1-2H3. The second-order valence-corrected chi connectivity index (χ2v) is 18.8. The Morgan fingerprint density at radius 1 is 0.443 bits per heavy atom. The Balaban J connectivity index is 1.30. The van der Waals surface area contributed by atoms with E-state index in [9.17, 15) is 36.9 Å². The third kappa shape index (κ3) is 9.46. The average molecular weight is 1040 g/mol. The minimum absolute atomic E-state index is 0.0449. The molecule has 0 aliphatic heterocycles. The van der Waals surface area contributed by atoms with Gasteiger partial charge in [0.05, 0.1) is 64.3 Å². The minimum atomic E-state index is -4.72.